The lowest BCUT2D eigenvalue weighted by molar-refractivity contribution is 0.0696. The topological polar surface area (TPSA) is 46.5 Å². The fourth-order valence-electron chi connectivity index (χ4n) is 1.87. The Labute approximate surface area is 157 Å². The molecule has 0 aromatic heterocycles. The normalized spacial score (nSPS) is 12.8. The van der Waals surface area contributed by atoms with Crippen LogP contribution in [0.1, 0.15) is 42.1 Å². The van der Waals surface area contributed by atoms with Crippen LogP contribution in [0.4, 0.5) is 0 Å². The molecule has 132 valence electrons. The highest BCUT2D eigenvalue weighted by Crippen LogP contribution is 2.30. The zero-order valence-corrected chi connectivity index (χ0v) is 15.7. The number of carbonyl (C=O) groups is 1. The zero-order valence-electron chi connectivity index (χ0n) is 13.5. The van der Waals surface area contributed by atoms with Gasteiger partial charge in [0.25, 0.3) is 0 Å². The number of carboxylic acids is 1. The Hall–Kier alpha value is -1.000. The Morgan fingerprint density at radius 3 is 2.46 bits per heavy atom. The van der Waals surface area contributed by atoms with E-state index in [9.17, 15) is 4.79 Å². The predicted molar refractivity (Wildman–Crippen MR) is 100 cm³/mol. The molecule has 1 N–H and O–H groups in total. The van der Waals surface area contributed by atoms with Crippen LogP contribution in [-0.4, -0.2) is 21.5 Å². The minimum atomic E-state index is -1.22. The molecule has 0 atom stereocenters. The number of carboxylic acid groups (broad SMARTS) is 1. The van der Waals surface area contributed by atoms with Gasteiger partial charge in [-0.3, -0.25) is 0 Å². The van der Waals surface area contributed by atoms with Gasteiger partial charge in [0, 0.05) is 6.42 Å². The Morgan fingerprint density at radius 1 is 1.21 bits per heavy atom. The van der Waals surface area contributed by atoms with Crippen LogP contribution in [0, 0.1) is 0 Å². The minimum absolute atomic E-state index is 0.275. The molecule has 0 fully saturated rings. The second-order valence-electron chi connectivity index (χ2n) is 5.40. The minimum Gasteiger partial charge on any atom is -0.478 e. The van der Waals surface area contributed by atoms with Gasteiger partial charge in [0.05, 0.1) is 18.8 Å². The molecule has 0 saturated carbocycles. The lowest BCUT2D eigenvalue weighted by Crippen LogP contribution is -1.98. The number of alkyl halides is 3. The first kappa shape index (κ1) is 21.0. The van der Waals surface area contributed by atoms with Gasteiger partial charge in [0.2, 0.25) is 0 Å². The Balaban J connectivity index is 2.22. The third-order valence-corrected chi connectivity index (χ3v) is 3.70. The van der Waals surface area contributed by atoms with E-state index in [2.05, 4.69) is 0 Å². The smallest absolute Gasteiger partial charge is 0.335 e. The fraction of sp³-hybridized carbons (Fsp3) is 0.389. The summed E-state index contributed by atoms with van der Waals surface area (Å²) in [6, 6.07) is 6.67. The molecule has 6 heteroatoms. The van der Waals surface area contributed by atoms with Crippen molar-refractivity contribution in [2.24, 2.45) is 0 Å². The monoisotopic (exact) mass is 390 g/mol. The second kappa shape index (κ2) is 10.8. The molecule has 0 aliphatic carbocycles. The van der Waals surface area contributed by atoms with Gasteiger partial charge in [-0.1, -0.05) is 70.7 Å². The molecule has 0 unspecified atom stereocenters. The highest BCUT2D eigenvalue weighted by molar-refractivity contribution is 6.67. The number of aromatic carboxylic acids is 1. The number of benzene rings is 1. The first-order valence-electron chi connectivity index (χ1n) is 7.55. The van der Waals surface area contributed by atoms with E-state index in [0.717, 1.165) is 18.4 Å². The third-order valence-electron chi connectivity index (χ3n) is 3.24. The molecule has 0 heterocycles. The molecular formula is C18H21Cl3O3. The molecule has 0 saturated heterocycles. The number of ether oxygens (including phenoxy) is 1. The number of halogens is 3. The number of hydrogen-bond donors (Lipinski definition) is 1. The molecule has 1 rings (SSSR count). The molecule has 0 spiro atoms. The Bertz CT molecular complexity index is 572. The first-order valence-corrected chi connectivity index (χ1v) is 8.68. The number of rotatable bonds is 9. The van der Waals surface area contributed by atoms with Crippen LogP contribution in [0.5, 0.6) is 0 Å². The van der Waals surface area contributed by atoms with Crippen LogP contribution in [0.3, 0.4) is 0 Å². The molecule has 0 aliphatic rings. The van der Waals surface area contributed by atoms with E-state index in [1.807, 2.05) is 25.2 Å². The summed E-state index contributed by atoms with van der Waals surface area (Å²) >= 11 is 17.0. The Morgan fingerprint density at radius 2 is 1.88 bits per heavy atom. The van der Waals surface area contributed by atoms with E-state index < -0.39 is 9.76 Å². The SMILES string of the molecule is CC(=CCOCc1ccc(C(=O)O)cc1)CCC=CCC(Cl)(Cl)Cl. The van der Waals surface area contributed by atoms with Crippen molar-refractivity contribution >= 4 is 40.8 Å². The van der Waals surface area contributed by atoms with E-state index in [0.29, 0.717) is 19.6 Å². The van der Waals surface area contributed by atoms with Gasteiger partial charge in [0.15, 0.2) is 3.79 Å². The van der Waals surface area contributed by atoms with Crippen LogP contribution >= 0.6 is 34.8 Å². The zero-order chi connectivity index (χ0) is 18.0. The fourth-order valence-corrected chi connectivity index (χ4v) is 2.14. The molecule has 3 nitrogen and oxygen atoms in total. The van der Waals surface area contributed by atoms with Crippen LogP contribution in [0.2, 0.25) is 0 Å². The summed E-state index contributed by atoms with van der Waals surface area (Å²) in [5.74, 6) is -0.927. The second-order valence-corrected chi connectivity index (χ2v) is 7.91. The largest absolute Gasteiger partial charge is 0.478 e. The van der Waals surface area contributed by atoms with Gasteiger partial charge in [-0.2, -0.15) is 0 Å². The van der Waals surface area contributed by atoms with Crippen molar-refractivity contribution in [3.8, 4) is 0 Å². The maximum Gasteiger partial charge on any atom is 0.335 e. The quantitative estimate of drug-likeness (QED) is 0.322. The molecule has 0 radical (unpaired) electrons. The maximum atomic E-state index is 10.8. The van der Waals surface area contributed by atoms with E-state index in [1.54, 1.807) is 24.3 Å². The lowest BCUT2D eigenvalue weighted by atomic mass is 10.1. The van der Waals surface area contributed by atoms with Gasteiger partial charge in [-0.05, 0) is 37.5 Å². The summed E-state index contributed by atoms with van der Waals surface area (Å²) in [6.45, 7) is 3.02. The van der Waals surface area contributed by atoms with Crippen LogP contribution in [0.15, 0.2) is 48.1 Å². The average Bonchev–Trinajstić information content (AvgIpc) is 2.50. The summed E-state index contributed by atoms with van der Waals surface area (Å²) in [6.07, 6.45) is 8.13. The first-order chi connectivity index (χ1) is 11.3. The van der Waals surface area contributed by atoms with Gasteiger partial charge in [-0.25, -0.2) is 4.79 Å². The van der Waals surface area contributed by atoms with Crippen LogP contribution in [0.25, 0.3) is 0 Å². The van der Waals surface area contributed by atoms with Crippen molar-refractivity contribution < 1.29 is 14.6 Å². The molecule has 0 aliphatic heterocycles. The van der Waals surface area contributed by atoms with Gasteiger partial charge >= 0.3 is 5.97 Å². The van der Waals surface area contributed by atoms with Gasteiger partial charge in [0.1, 0.15) is 0 Å². The van der Waals surface area contributed by atoms with Crippen molar-refractivity contribution in [2.45, 2.75) is 36.6 Å². The van der Waals surface area contributed by atoms with Crippen molar-refractivity contribution in [3.05, 3.63) is 59.2 Å². The number of hydrogen-bond acceptors (Lipinski definition) is 2. The van der Waals surface area contributed by atoms with E-state index >= 15 is 0 Å². The third kappa shape index (κ3) is 9.99. The van der Waals surface area contributed by atoms with E-state index in [4.69, 9.17) is 44.6 Å². The van der Waals surface area contributed by atoms with Crippen LogP contribution in [-0.2, 0) is 11.3 Å². The van der Waals surface area contributed by atoms with Gasteiger partial charge < -0.3 is 9.84 Å². The summed E-state index contributed by atoms with van der Waals surface area (Å²) in [7, 11) is 0. The summed E-state index contributed by atoms with van der Waals surface area (Å²) in [5, 5.41) is 8.83. The molecule has 1 aromatic rings. The average molecular weight is 392 g/mol. The standard InChI is InChI=1S/C18H21Cl3O3/c1-14(5-3-2-4-11-18(19,20)21)10-12-24-13-15-6-8-16(9-7-15)17(22)23/h2,4,6-10H,3,5,11-13H2,1H3,(H,22,23). The predicted octanol–water partition coefficient (Wildman–Crippen LogP) is 5.94. The molecule has 0 bridgehead atoms. The highest BCUT2D eigenvalue weighted by Gasteiger charge is 2.16. The molecule has 24 heavy (non-hydrogen) atoms. The lowest BCUT2D eigenvalue weighted by Gasteiger charge is -2.05. The summed E-state index contributed by atoms with van der Waals surface area (Å²) in [5.41, 5.74) is 2.45. The number of allylic oxidation sites excluding steroid dienone is 3. The van der Waals surface area contributed by atoms with Crippen molar-refractivity contribution in [3.63, 3.8) is 0 Å². The van der Waals surface area contributed by atoms with Crippen molar-refractivity contribution in [2.75, 3.05) is 6.61 Å². The van der Waals surface area contributed by atoms with E-state index in [-0.39, 0.29) is 5.56 Å². The summed E-state index contributed by atoms with van der Waals surface area (Å²) in [4.78, 5) is 10.8. The molecule has 1 aromatic carbocycles. The van der Waals surface area contributed by atoms with E-state index in [1.165, 1.54) is 5.57 Å². The van der Waals surface area contributed by atoms with Gasteiger partial charge in [-0.15, -0.1) is 0 Å². The van der Waals surface area contributed by atoms with Crippen molar-refractivity contribution in [1.82, 2.24) is 0 Å². The Kier molecular flexibility index (Phi) is 9.45. The molecule has 0 amide bonds. The van der Waals surface area contributed by atoms with Crippen molar-refractivity contribution in [1.29, 1.82) is 0 Å². The molecular weight excluding hydrogens is 371 g/mol. The van der Waals surface area contributed by atoms with Crippen LogP contribution < -0.4 is 0 Å². The maximum absolute atomic E-state index is 10.8. The summed E-state index contributed by atoms with van der Waals surface area (Å²) < 4.78 is 4.34. The highest BCUT2D eigenvalue weighted by atomic mass is 35.6.